The highest BCUT2D eigenvalue weighted by molar-refractivity contribution is 6.14. The zero-order valence-corrected chi connectivity index (χ0v) is 22.8. The van der Waals surface area contributed by atoms with Gasteiger partial charge in [-0.15, -0.1) is 0 Å². The number of H-pyrrole nitrogens is 1. The van der Waals surface area contributed by atoms with Crippen molar-refractivity contribution >= 4 is 17.3 Å². The Labute approximate surface area is 231 Å². The van der Waals surface area contributed by atoms with Gasteiger partial charge in [0, 0.05) is 52.9 Å². The maximum atomic E-state index is 12.9. The average molecular weight is 550 g/mol. The van der Waals surface area contributed by atoms with Crippen molar-refractivity contribution in [3.63, 3.8) is 0 Å². The lowest BCUT2D eigenvalue weighted by atomic mass is 10.1. The lowest BCUT2D eigenvalue weighted by Crippen LogP contribution is -2.47. The van der Waals surface area contributed by atoms with E-state index in [0.29, 0.717) is 48.5 Å². The van der Waals surface area contributed by atoms with Gasteiger partial charge in [0.2, 0.25) is 5.78 Å². The Morgan fingerprint density at radius 3 is 2.58 bits per heavy atom. The number of fused-ring (bicyclic) bond motifs is 3. The number of hydrogen-bond donors (Lipinski definition) is 2. The SMILES string of the molecule is COCCOc1ccc(CN2CCN(CCn3c(=O)[nH]n4c5c(nc34)N(N)C(C)N=C5c3ccco3)CC2)cc1. The molecule has 1 unspecified atom stereocenters. The smallest absolute Gasteiger partial charge is 0.343 e. The molecule has 40 heavy (non-hydrogen) atoms. The summed E-state index contributed by atoms with van der Waals surface area (Å²) in [4.78, 5) is 27.2. The molecule has 1 aromatic carbocycles. The summed E-state index contributed by atoms with van der Waals surface area (Å²) in [7, 11) is 1.67. The molecule has 6 rings (SSSR count). The van der Waals surface area contributed by atoms with Crippen molar-refractivity contribution in [2.45, 2.75) is 26.2 Å². The van der Waals surface area contributed by atoms with Gasteiger partial charge in [-0.1, -0.05) is 12.1 Å². The van der Waals surface area contributed by atoms with Crippen LogP contribution in [0.5, 0.6) is 5.75 Å². The van der Waals surface area contributed by atoms with Crippen molar-refractivity contribution in [3.05, 3.63) is 70.2 Å². The second-order valence-corrected chi connectivity index (χ2v) is 10.1. The van der Waals surface area contributed by atoms with E-state index >= 15 is 0 Å². The number of aliphatic imine (C=N–C) groups is 1. The Bertz CT molecular complexity index is 1510. The minimum absolute atomic E-state index is 0.223. The molecular weight excluding hydrogens is 514 g/mol. The number of ether oxygens (including phenoxy) is 2. The number of aromatic amines is 1. The Kier molecular flexibility index (Phi) is 7.43. The summed E-state index contributed by atoms with van der Waals surface area (Å²) >= 11 is 0. The van der Waals surface area contributed by atoms with Crippen molar-refractivity contribution in [1.82, 2.24) is 29.0 Å². The number of methoxy groups -OCH3 is 1. The molecule has 1 fully saturated rings. The lowest BCUT2D eigenvalue weighted by molar-refractivity contribution is 0.124. The molecule has 3 N–H and O–H groups in total. The predicted molar refractivity (Wildman–Crippen MR) is 150 cm³/mol. The lowest BCUT2D eigenvalue weighted by Gasteiger charge is -2.34. The Morgan fingerprint density at radius 2 is 1.85 bits per heavy atom. The van der Waals surface area contributed by atoms with Gasteiger partial charge < -0.3 is 13.9 Å². The molecule has 13 heteroatoms. The highest BCUT2D eigenvalue weighted by atomic mass is 16.5. The van der Waals surface area contributed by atoms with Gasteiger partial charge in [-0.3, -0.25) is 24.4 Å². The number of benzene rings is 1. The zero-order chi connectivity index (χ0) is 27.6. The number of imidazole rings is 1. The topological polar surface area (TPSA) is 135 Å². The number of furan rings is 1. The molecule has 2 aliphatic rings. The summed E-state index contributed by atoms with van der Waals surface area (Å²) < 4.78 is 19.6. The molecule has 2 aliphatic heterocycles. The van der Waals surface area contributed by atoms with Gasteiger partial charge in [0.25, 0.3) is 0 Å². The first kappa shape index (κ1) is 26.3. The number of aromatic nitrogens is 4. The van der Waals surface area contributed by atoms with E-state index in [0.717, 1.165) is 45.0 Å². The molecule has 212 valence electrons. The summed E-state index contributed by atoms with van der Waals surface area (Å²) in [6, 6.07) is 11.9. The number of anilines is 1. The van der Waals surface area contributed by atoms with Crippen molar-refractivity contribution in [2.75, 3.05) is 58.1 Å². The monoisotopic (exact) mass is 549 g/mol. The largest absolute Gasteiger partial charge is 0.491 e. The van der Waals surface area contributed by atoms with E-state index in [2.05, 4.69) is 27.0 Å². The zero-order valence-electron chi connectivity index (χ0n) is 22.8. The normalized spacial score (nSPS) is 18.3. The minimum atomic E-state index is -0.323. The van der Waals surface area contributed by atoms with Crippen LogP contribution < -0.4 is 21.3 Å². The van der Waals surface area contributed by atoms with E-state index < -0.39 is 0 Å². The van der Waals surface area contributed by atoms with E-state index in [4.69, 9.17) is 29.7 Å². The maximum Gasteiger partial charge on any atom is 0.343 e. The Hall–Kier alpha value is -3.91. The summed E-state index contributed by atoms with van der Waals surface area (Å²) in [5, 5.41) is 4.43. The van der Waals surface area contributed by atoms with Crippen LogP contribution in [0.15, 0.2) is 56.9 Å². The summed E-state index contributed by atoms with van der Waals surface area (Å²) in [5.74, 6) is 8.82. The van der Waals surface area contributed by atoms with Crippen LogP contribution in [0.3, 0.4) is 0 Å². The van der Waals surface area contributed by atoms with E-state index in [1.54, 1.807) is 28.5 Å². The quantitative estimate of drug-likeness (QED) is 0.221. The molecule has 0 radical (unpaired) electrons. The third-order valence-corrected chi connectivity index (χ3v) is 7.47. The molecule has 1 atom stereocenters. The molecule has 1 saturated heterocycles. The predicted octanol–water partition coefficient (Wildman–Crippen LogP) is 1.14. The van der Waals surface area contributed by atoms with Crippen LogP contribution in [-0.2, 0) is 17.8 Å². The summed E-state index contributed by atoms with van der Waals surface area (Å²) in [6.45, 7) is 8.96. The number of piperazine rings is 1. The standard InChI is InChI=1S/C27H35N9O4/c1-19-29-23(22-4-3-15-40-22)24-25(35(19)28)30-26-34(27(37)31-36(24)26)14-13-32-9-11-33(12-10-32)18-20-5-7-21(8-6-20)39-17-16-38-2/h3-8,15,19H,9-14,16-18,28H2,1-2H3,(H,31,37). The van der Waals surface area contributed by atoms with Crippen molar-refractivity contribution in [2.24, 2.45) is 10.8 Å². The molecule has 0 spiro atoms. The van der Waals surface area contributed by atoms with Crippen LogP contribution in [0, 0.1) is 0 Å². The molecule has 13 nitrogen and oxygen atoms in total. The molecule has 4 aromatic rings. The van der Waals surface area contributed by atoms with Gasteiger partial charge in [0.15, 0.2) is 11.6 Å². The number of hydrazine groups is 1. The van der Waals surface area contributed by atoms with Crippen LogP contribution in [0.4, 0.5) is 5.82 Å². The maximum absolute atomic E-state index is 12.9. The van der Waals surface area contributed by atoms with Crippen molar-refractivity contribution < 1.29 is 13.9 Å². The van der Waals surface area contributed by atoms with Crippen LogP contribution in [0.2, 0.25) is 0 Å². The van der Waals surface area contributed by atoms with Gasteiger partial charge in [-0.2, -0.15) is 4.98 Å². The van der Waals surface area contributed by atoms with E-state index in [9.17, 15) is 4.79 Å². The minimum Gasteiger partial charge on any atom is -0.491 e. The molecule has 0 amide bonds. The number of nitrogens with one attached hydrogen (secondary N) is 1. The van der Waals surface area contributed by atoms with Gasteiger partial charge >= 0.3 is 5.69 Å². The Balaban J connectivity index is 1.08. The Morgan fingerprint density at radius 1 is 1.07 bits per heavy atom. The fraction of sp³-hybridized carbons (Fsp3) is 0.444. The molecule has 3 aromatic heterocycles. The van der Waals surface area contributed by atoms with E-state index in [-0.39, 0.29) is 11.9 Å². The van der Waals surface area contributed by atoms with Gasteiger partial charge in [-0.25, -0.2) is 20.3 Å². The first-order valence-corrected chi connectivity index (χ1v) is 13.5. The van der Waals surface area contributed by atoms with Gasteiger partial charge in [0.05, 0.1) is 12.9 Å². The first-order valence-electron chi connectivity index (χ1n) is 13.5. The van der Waals surface area contributed by atoms with Crippen molar-refractivity contribution in [3.8, 4) is 5.75 Å². The third kappa shape index (κ3) is 5.16. The van der Waals surface area contributed by atoms with Crippen LogP contribution in [0.25, 0.3) is 5.78 Å². The number of nitrogens with zero attached hydrogens (tertiary/aromatic N) is 7. The average Bonchev–Trinajstić information content (AvgIpc) is 3.69. The second-order valence-electron chi connectivity index (χ2n) is 10.1. The van der Waals surface area contributed by atoms with Crippen LogP contribution in [0.1, 0.15) is 23.9 Å². The van der Waals surface area contributed by atoms with Crippen LogP contribution >= 0.6 is 0 Å². The van der Waals surface area contributed by atoms with E-state index in [1.165, 1.54) is 10.6 Å². The highest BCUT2D eigenvalue weighted by Crippen LogP contribution is 2.28. The van der Waals surface area contributed by atoms with Gasteiger partial charge in [-0.05, 0) is 36.8 Å². The number of rotatable bonds is 10. The fourth-order valence-electron chi connectivity index (χ4n) is 5.21. The van der Waals surface area contributed by atoms with Crippen molar-refractivity contribution in [1.29, 1.82) is 0 Å². The molecule has 0 bridgehead atoms. The molecule has 0 aliphatic carbocycles. The summed E-state index contributed by atoms with van der Waals surface area (Å²) in [5.41, 5.74) is 2.27. The van der Waals surface area contributed by atoms with Crippen LogP contribution in [-0.4, -0.2) is 93.9 Å². The number of nitrogens with two attached hydrogens (primary N) is 1. The first-order chi connectivity index (χ1) is 19.5. The summed E-state index contributed by atoms with van der Waals surface area (Å²) in [6.07, 6.45) is 1.27. The number of hydrogen-bond acceptors (Lipinski definition) is 10. The third-order valence-electron chi connectivity index (χ3n) is 7.47. The van der Waals surface area contributed by atoms with Gasteiger partial charge in [0.1, 0.15) is 29.9 Å². The molecular formula is C27H35N9O4. The second kappa shape index (κ2) is 11.3. The molecule has 5 heterocycles. The fourth-order valence-corrected chi connectivity index (χ4v) is 5.21. The highest BCUT2D eigenvalue weighted by Gasteiger charge is 2.33. The van der Waals surface area contributed by atoms with E-state index in [1.807, 2.05) is 25.1 Å². The molecule has 0 saturated carbocycles.